The van der Waals surface area contributed by atoms with Gasteiger partial charge in [-0.25, -0.2) is 0 Å². The van der Waals surface area contributed by atoms with Crippen LogP contribution in [0.25, 0.3) is 0 Å². The minimum Gasteiger partial charge on any atom is -0.392 e. The monoisotopic (exact) mass is 211 g/mol. The Morgan fingerprint density at radius 3 is 2.46 bits per heavy atom. The molecule has 0 radical (unpaired) electrons. The summed E-state index contributed by atoms with van der Waals surface area (Å²) in [7, 11) is 0. The summed E-state index contributed by atoms with van der Waals surface area (Å²) in [6.45, 7) is -0.776. The van der Waals surface area contributed by atoms with Crippen LogP contribution in [0.1, 0.15) is 11.3 Å². The van der Waals surface area contributed by atoms with Crippen LogP contribution in [0, 0.1) is 0 Å². The maximum absolute atomic E-state index is 12.2. The average molecular weight is 212 g/mol. The van der Waals surface area contributed by atoms with Gasteiger partial charge in [0, 0.05) is 16.8 Å². The molecule has 0 atom stereocenters. The number of nitrogens with zero attached hydrogens (tertiary/aromatic N) is 1. The third-order valence-corrected chi connectivity index (χ3v) is 1.78. The second kappa shape index (κ2) is 3.51. The summed E-state index contributed by atoms with van der Waals surface area (Å²) in [6.07, 6.45) is -3.63. The molecule has 0 aliphatic heterocycles. The van der Waals surface area contributed by atoms with Crippen molar-refractivity contribution < 1.29 is 18.3 Å². The van der Waals surface area contributed by atoms with Crippen LogP contribution < -0.4 is 0 Å². The fourth-order valence-corrected chi connectivity index (χ4v) is 1.07. The third-order valence-electron chi connectivity index (χ3n) is 1.43. The van der Waals surface area contributed by atoms with Gasteiger partial charge in [0.1, 0.15) is 0 Å². The number of alkyl halides is 3. The van der Waals surface area contributed by atoms with Crippen LogP contribution in [0.15, 0.2) is 12.3 Å². The molecule has 0 aliphatic carbocycles. The Labute approximate surface area is 77.0 Å². The van der Waals surface area contributed by atoms with E-state index in [0.717, 1.165) is 6.20 Å². The van der Waals surface area contributed by atoms with Gasteiger partial charge in [0.15, 0.2) is 5.69 Å². The number of hydrogen-bond acceptors (Lipinski definition) is 2. The zero-order valence-electron chi connectivity index (χ0n) is 6.27. The SMILES string of the molecule is OCc1c(Cl)ccnc1C(F)(F)F. The molecule has 1 N–H and O–H groups in total. The number of halogens is 4. The average Bonchev–Trinajstić information content (AvgIpc) is 2.02. The molecule has 0 amide bonds. The van der Waals surface area contributed by atoms with Crippen LogP contribution in [0.2, 0.25) is 5.02 Å². The summed E-state index contributed by atoms with van der Waals surface area (Å²) in [4.78, 5) is 3.11. The maximum Gasteiger partial charge on any atom is 0.433 e. The zero-order valence-corrected chi connectivity index (χ0v) is 7.02. The van der Waals surface area contributed by atoms with Crippen LogP contribution in [0.5, 0.6) is 0 Å². The first kappa shape index (κ1) is 10.3. The van der Waals surface area contributed by atoms with Crippen molar-refractivity contribution in [3.05, 3.63) is 28.5 Å². The first-order valence-electron chi connectivity index (χ1n) is 3.28. The van der Waals surface area contributed by atoms with Crippen LogP contribution >= 0.6 is 11.6 Å². The van der Waals surface area contributed by atoms with Gasteiger partial charge in [-0.2, -0.15) is 13.2 Å². The van der Waals surface area contributed by atoms with Crippen molar-refractivity contribution >= 4 is 11.6 Å². The number of pyridine rings is 1. The predicted molar refractivity (Wildman–Crippen MR) is 40.2 cm³/mol. The number of aromatic nitrogens is 1. The van der Waals surface area contributed by atoms with E-state index >= 15 is 0 Å². The van der Waals surface area contributed by atoms with Crippen molar-refractivity contribution in [3.63, 3.8) is 0 Å². The highest BCUT2D eigenvalue weighted by Gasteiger charge is 2.35. The van der Waals surface area contributed by atoms with Crippen molar-refractivity contribution in [2.24, 2.45) is 0 Å². The second-order valence-electron chi connectivity index (χ2n) is 2.28. The minimum absolute atomic E-state index is 0.134. The Balaban J connectivity index is 3.29. The Morgan fingerprint density at radius 1 is 1.46 bits per heavy atom. The molecular formula is C7H5ClF3NO. The van der Waals surface area contributed by atoms with E-state index in [9.17, 15) is 13.2 Å². The largest absolute Gasteiger partial charge is 0.433 e. The van der Waals surface area contributed by atoms with Gasteiger partial charge in [-0.15, -0.1) is 0 Å². The quantitative estimate of drug-likeness (QED) is 0.773. The summed E-state index contributed by atoms with van der Waals surface area (Å²) in [5.74, 6) is 0. The first-order chi connectivity index (χ1) is 5.96. The lowest BCUT2D eigenvalue weighted by molar-refractivity contribution is -0.142. The minimum atomic E-state index is -4.58. The van der Waals surface area contributed by atoms with E-state index in [1.165, 1.54) is 6.07 Å². The molecule has 72 valence electrons. The van der Waals surface area contributed by atoms with Gasteiger partial charge < -0.3 is 5.11 Å². The molecule has 0 aliphatic rings. The van der Waals surface area contributed by atoms with E-state index in [1.807, 2.05) is 0 Å². The van der Waals surface area contributed by atoms with Crippen molar-refractivity contribution in [3.8, 4) is 0 Å². The molecule has 6 heteroatoms. The summed E-state index contributed by atoms with van der Waals surface area (Å²) in [5, 5.41) is 8.50. The van der Waals surface area contributed by atoms with Gasteiger partial charge in [0.05, 0.1) is 6.61 Å². The molecule has 0 fully saturated rings. The van der Waals surface area contributed by atoms with E-state index < -0.39 is 24.0 Å². The summed E-state index contributed by atoms with van der Waals surface area (Å²) in [6, 6.07) is 1.20. The van der Waals surface area contributed by atoms with Crippen LogP contribution in [-0.2, 0) is 12.8 Å². The van der Waals surface area contributed by atoms with Crippen LogP contribution in [-0.4, -0.2) is 10.1 Å². The van der Waals surface area contributed by atoms with E-state index in [0.29, 0.717) is 0 Å². The topological polar surface area (TPSA) is 33.1 Å². The lowest BCUT2D eigenvalue weighted by Crippen LogP contribution is -2.12. The molecule has 0 unspecified atom stereocenters. The fourth-order valence-electron chi connectivity index (χ4n) is 0.864. The van der Waals surface area contributed by atoms with Gasteiger partial charge in [-0.1, -0.05) is 11.6 Å². The Bertz CT molecular complexity index is 313. The first-order valence-corrected chi connectivity index (χ1v) is 3.66. The van der Waals surface area contributed by atoms with Gasteiger partial charge in [0.2, 0.25) is 0 Å². The van der Waals surface area contributed by atoms with Crippen molar-refractivity contribution in [2.75, 3.05) is 0 Å². The normalized spacial score (nSPS) is 11.8. The molecule has 0 saturated heterocycles. The molecule has 2 nitrogen and oxygen atoms in total. The second-order valence-corrected chi connectivity index (χ2v) is 2.68. The molecule has 1 rings (SSSR count). The van der Waals surface area contributed by atoms with Crippen molar-refractivity contribution in [2.45, 2.75) is 12.8 Å². The van der Waals surface area contributed by atoms with Crippen molar-refractivity contribution in [1.82, 2.24) is 4.98 Å². The van der Waals surface area contributed by atoms with E-state index in [1.54, 1.807) is 0 Å². The fraction of sp³-hybridized carbons (Fsp3) is 0.286. The summed E-state index contributed by atoms with van der Waals surface area (Å²) >= 11 is 5.44. The summed E-state index contributed by atoms with van der Waals surface area (Å²) in [5.41, 5.74) is -1.53. The van der Waals surface area contributed by atoms with Gasteiger partial charge >= 0.3 is 6.18 Å². The highest BCUT2D eigenvalue weighted by Crippen LogP contribution is 2.32. The molecule has 0 spiro atoms. The Morgan fingerprint density at radius 2 is 2.08 bits per heavy atom. The van der Waals surface area contributed by atoms with Gasteiger partial charge in [-0.3, -0.25) is 4.98 Å². The molecule has 1 aromatic rings. The van der Waals surface area contributed by atoms with Gasteiger partial charge in [0.25, 0.3) is 0 Å². The molecule has 13 heavy (non-hydrogen) atoms. The number of rotatable bonds is 1. The van der Waals surface area contributed by atoms with E-state index in [-0.39, 0.29) is 5.02 Å². The molecule has 1 heterocycles. The van der Waals surface area contributed by atoms with E-state index in [2.05, 4.69) is 4.98 Å². The molecule has 1 aromatic heterocycles. The summed E-state index contributed by atoms with van der Waals surface area (Å²) < 4.78 is 36.5. The molecular weight excluding hydrogens is 207 g/mol. The lowest BCUT2D eigenvalue weighted by atomic mass is 10.2. The maximum atomic E-state index is 12.2. The Kier molecular flexibility index (Phi) is 2.77. The highest BCUT2D eigenvalue weighted by atomic mass is 35.5. The van der Waals surface area contributed by atoms with Crippen LogP contribution in [0.4, 0.5) is 13.2 Å². The number of aliphatic hydroxyl groups excluding tert-OH is 1. The van der Waals surface area contributed by atoms with Gasteiger partial charge in [-0.05, 0) is 6.07 Å². The third kappa shape index (κ3) is 2.10. The zero-order chi connectivity index (χ0) is 10.1. The van der Waals surface area contributed by atoms with Crippen LogP contribution in [0.3, 0.4) is 0 Å². The lowest BCUT2D eigenvalue weighted by Gasteiger charge is -2.10. The Hall–Kier alpha value is -0.810. The van der Waals surface area contributed by atoms with Crippen molar-refractivity contribution in [1.29, 1.82) is 0 Å². The highest BCUT2D eigenvalue weighted by molar-refractivity contribution is 6.31. The molecule has 0 saturated carbocycles. The number of hydrogen-bond donors (Lipinski definition) is 1. The molecule has 0 bridgehead atoms. The molecule has 0 aromatic carbocycles. The standard InChI is InChI=1S/C7H5ClF3NO/c8-5-1-2-12-6(4(5)3-13)7(9,10)11/h1-2,13H,3H2. The smallest absolute Gasteiger partial charge is 0.392 e. The predicted octanol–water partition coefficient (Wildman–Crippen LogP) is 2.25. The number of aliphatic hydroxyl groups is 1. The van der Waals surface area contributed by atoms with E-state index in [4.69, 9.17) is 16.7 Å².